The molecule has 4 nitrogen and oxygen atoms in total. The summed E-state index contributed by atoms with van der Waals surface area (Å²) in [5, 5.41) is 11.5. The van der Waals surface area contributed by atoms with E-state index in [4.69, 9.17) is 16.7 Å². The van der Waals surface area contributed by atoms with E-state index in [1.54, 1.807) is 0 Å². The van der Waals surface area contributed by atoms with Gasteiger partial charge in [0.2, 0.25) is 5.91 Å². The van der Waals surface area contributed by atoms with Crippen LogP contribution >= 0.6 is 11.6 Å². The van der Waals surface area contributed by atoms with Crippen molar-refractivity contribution in [1.29, 1.82) is 0 Å². The Morgan fingerprint density at radius 2 is 2.11 bits per heavy atom. The molecular weight excluding hydrogens is 261 g/mol. The Balaban J connectivity index is 2.05. The molecule has 1 fully saturated rings. The van der Waals surface area contributed by atoms with Crippen molar-refractivity contribution in [3.63, 3.8) is 0 Å². The quantitative estimate of drug-likeness (QED) is 0.823. The van der Waals surface area contributed by atoms with Crippen molar-refractivity contribution in [2.75, 3.05) is 0 Å². The highest BCUT2D eigenvalue weighted by molar-refractivity contribution is 6.31. The van der Waals surface area contributed by atoms with Crippen LogP contribution in [0.2, 0.25) is 5.02 Å². The van der Waals surface area contributed by atoms with E-state index < -0.39 is 23.1 Å². The summed E-state index contributed by atoms with van der Waals surface area (Å²) in [6.45, 7) is -0.112. The Kier molecular flexibility index (Phi) is 3.26. The summed E-state index contributed by atoms with van der Waals surface area (Å²) in [7, 11) is 0. The van der Waals surface area contributed by atoms with Gasteiger partial charge in [-0.05, 0) is 25.0 Å². The lowest BCUT2D eigenvalue weighted by Gasteiger charge is -2.12. The van der Waals surface area contributed by atoms with Crippen LogP contribution in [-0.4, -0.2) is 17.0 Å². The van der Waals surface area contributed by atoms with Crippen molar-refractivity contribution in [3.05, 3.63) is 34.6 Å². The number of hydrogen-bond donors (Lipinski definition) is 2. The third-order valence-electron chi connectivity index (χ3n) is 3.08. The molecule has 0 aromatic heterocycles. The Bertz CT molecular complexity index is 494. The molecule has 1 amide bonds. The number of rotatable bonds is 4. The van der Waals surface area contributed by atoms with Gasteiger partial charge in [0.15, 0.2) is 0 Å². The molecule has 1 aromatic rings. The van der Waals surface area contributed by atoms with Gasteiger partial charge in [-0.25, -0.2) is 4.39 Å². The molecular formula is C12H11ClFNO3. The fraction of sp³-hybridized carbons (Fsp3) is 0.333. The molecule has 2 rings (SSSR count). The highest BCUT2D eigenvalue weighted by Crippen LogP contribution is 2.46. The smallest absolute Gasteiger partial charge is 0.319 e. The number of carbonyl (C=O) groups excluding carboxylic acids is 1. The minimum Gasteiger partial charge on any atom is -0.480 e. The van der Waals surface area contributed by atoms with Gasteiger partial charge in [-0.2, -0.15) is 0 Å². The molecule has 96 valence electrons. The molecule has 1 aliphatic rings. The van der Waals surface area contributed by atoms with Crippen molar-refractivity contribution >= 4 is 23.5 Å². The SMILES string of the molecule is O=C(O)C1(C(=O)NCc2c(F)cccc2Cl)CC1. The molecule has 0 aliphatic heterocycles. The molecule has 0 radical (unpaired) electrons. The predicted molar refractivity (Wildman–Crippen MR) is 62.6 cm³/mol. The zero-order valence-corrected chi connectivity index (χ0v) is 10.1. The normalized spacial score (nSPS) is 16.1. The van der Waals surface area contributed by atoms with Crippen LogP contribution in [0.3, 0.4) is 0 Å². The van der Waals surface area contributed by atoms with Gasteiger partial charge in [-0.1, -0.05) is 17.7 Å². The molecule has 0 heterocycles. The lowest BCUT2D eigenvalue weighted by molar-refractivity contribution is -0.149. The topological polar surface area (TPSA) is 66.4 Å². The number of halogens is 2. The molecule has 18 heavy (non-hydrogen) atoms. The second-order valence-corrected chi connectivity index (χ2v) is 4.68. The van der Waals surface area contributed by atoms with E-state index in [-0.39, 0.29) is 17.1 Å². The number of carboxylic acid groups (broad SMARTS) is 1. The monoisotopic (exact) mass is 271 g/mol. The number of nitrogens with one attached hydrogen (secondary N) is 1. The van der Waals surface area contributed by atoms with Gasteiger partial charge >= 0.3 is 5.97 Å². The Morgan fingerprint density at radius 1 is 1.44 bits per heavy atom. The maximum absolute atomic E-state index is 13.4. The largest absolute Gasteiger partial charge is 0.480 e. The van der Waals surface area contributed by atoms with Crippen molar-refractivity contribution in [2.24, 2.45) is 5.41 Å². The van der Waals surface area contributed by atoms with E-state index in [1.807, 2.05) is 0 Å². The van der Waals surface area contributed by atoms with Crippen LogP contribution in [0.25, 0.3) is 0 Å². The number of carboxylic acids is 1. The van der Waals surface area contributed by atoms with Crippen molar-refractivity contribution in [3.8, 4) is 0 Å². The first kappa shape index (κ1) is 12.8. The summed E-state index contributed by atoms with van der Waals surface area (Å²) in [6.07, 6.45) is 0.637. The van der Waals surface area contributed by atoms with Crippen LogP contribution in [0.1, 0.15) is 18.4 Å². The van der Waals surface area contributed by atoms with Crippen molar-refractivity contribution < 1.29 is 19.1 Å². The standard InChI is InChI=1S/C12H11ClFNO3/c13-8-2-1-3-9(14)7(8)6-15-10(16)12(4-5-12)11(17)18/h1-3H,4-6H2,(H,15,16)(H,17,18). The first-order valence-electron chi connectivity index (χ1n) is 5.42. The van der Waals surface area contributed by atoms with Gasteiger partial charge in [-0.15, -0.1) is 0 Å². The minimum absolute atomic E-state index is 0.112. The van der Waals surface area contributed by atoms with Gasteiger partial charge in [0.25, 0.3) is 0 Å². The Morgan fingerprint density at radius 3 is 2.61 bits per heavy atom. The molecule has 1 aromatic carbocycles. The number of benzene rings is 1. The molecule has 6 heteroatoms. The second-order valence-electron chi connectivity index (χ2n) is 4.27. The average molecular weight is 272 g/mol. The van der Waals surface area contributed by atoms with E-state index >= 15 is 0 Å². The fourth-order valence-corrected chi connectivity index (χ4v) is 1.93. The molecule has 0 unspecified atom stereocenters. The third kappa shape index (κ3) is 2.18. The Hall–Kier alpha value is -1.62. The van der Waals surface area contributed by atoms with Crippen LogP contribution in [0.4, 0.5) is 4.39 Å². The van der Waals surface area contributed by atoms with Crippen LogP contribution in [-0.2, 0) is 16.1 Å². The van der Waals surface area contributed by atoms with Gasteiger partial charge in [-0.3, -0.25) is 9.59 Å². The predicted octanol–water partition coefficient (Wildman–Crippen LogP) is 1.96. The molecule has 1 aliphatic carbocycles. The molecule has 0 spiro atoms. The van der Waals surface area contributed by atoms with E-state index in [2.05, 4.69) is 5.32 Å². The van der Waals surface area contributed by atoms with E-state index in [9.17, 15) is 14.0 Å². The van der Waals surface area contributed by atoms with E-state index in [0.29, 0.717) is 12.8 Å². The minimum atomic E-state index is -1.32. The second kappa shape index (κ2) is 4.57. The summed E-state index contributed by atoms with van der Waals surface area (Å²) in [5.41, 5.74) is -1.16. The lowest BCUT2D eigenvalue weighted by Crippen LogP contribution is -2.36. The van der Waals surface area contributed by atoms with Crippen LogP contribution in [0.15, 0.2) is 18.2 Å². The molecule has 0 atom stereocenters. The third-order valence-corrected chi connectivity index (χ3v) is 3.44. The lowest BCUT2D eigenvalue weighted by atomic mass is 10.1. The highest BCUT2D eigenvalue weighted by atomic mass is 35.5. The van der Waals surface area contributed by atoms with E-state index in [0.717, 1.165) is 0 Å². The van der Waals surface area contributed by atoms with Crippen LogP contribution in [0.5, 0.6) is 0 Å². The molecule has 0 bridgehead atoms. The average Bonchev–Trinajstić information content (AvgIpc) is 3.09. The van der Waals surface area contributed by atoms with Crippen molar-refractivity contribution in [2.45, 2.75) is 19.4 Å². The number of amides is 1. The van der Waals surface area contributed by atoms with Gasteiger partial charge in [0, 0.05) is 17.1 Å². The van der Waals surface area contributed by atoms with Gasteiger partial charge in [0.05, 0.1) is 0 Å². The first-order valence-corrected chi connectivity index (χ1v) is 5.80. The Labute approximate surface area is 108 Å². The maximum Gasteiger partial charge on any atom is 0.319 e. The van der Waals surface area contributed by atoms with Gasteiger partial charge in [0.1, 0.15) is 11.2 Å². The van der Waals surface area contributed by atoms with Crippen molar-refractivity contribution in [1.82, 2.24) is 5.32 Å². The highest BCUT2D eigenvalue weighted by Gasteiger charge is 2.56. The maximum atomic E-state index is 13.4. The summed E-state index contributed by atoms with van der Waals surface area (Å²) in [6, 6.07) is 4.20. The molecule has 1 saturated carbocycles. The zero-order valence-electron chi connectivity index (χ0n) is 9.37. The summed E-state index contributed by atoms with van der Waals surface area (Å²) in [4.78, 5) is 22.6. The molecule has 0 saturated heterocycles. The van der Waals surface area contributed by atoms with Crippen LogP contribution in [0, 0.1) is 11.2 Å². The molecule has 2 N–H and O–H groups in total. The summed E-state index contributed by atoms with van der Waals surface area (Å²) in [5.74, 6) is -2.25. The fourth-order valence-electron chi connectivity index (χ4n) is 1.70. The number of hydrogen-bond acceptors (Lipinski definition) is 2. The summed E-state index contributed by atoms with van der Waals surface area (Å²) < 4.78 is 13.4. The summed E-state index contributed by atoms with van der Waals surface area (Å²) >= 11 is 5.80. The first-order chi connectivity index (χ1) is 8.47. The number of aliphatic carboxylic acids is 1. The number of carbonyl (C=O) groups is 2. The van der Waals surface area contributed by atoms with E-state index in [1.165, 1.54) is 18.2 Å². The van der Waals surface area contributed by atoms with Gasteiger partial charge < -0.3 is 10.4 Å². The van der Waals surface area contributed by atoms with Crippen LogP contribution < -0.4 is 5.32 Å². The zero-order chi connectivity index (χ0) is 13.3.